The molecule has 0 spiro atoms. The van der Waals surface area contributed by atoms with Crippen LogP contribution in [0.3, 0.4) is 0 Å². The Morgan fingerprint density at radius 2 is 2.24 bits per heavy atom. The average Bonchev–Trinajstić information content (AvgIpc) is 3.17. The van der Waals surface area contributed by atoms with E-state index < -0.39 is 0 Å². The minimum Gasteiger partial charge on any atom is -0.388 e. The summed E-state index contributed by atoms with van der Waals surface area (Å²) in [5, 5.41) is 21.5. The van der Waals surface area contributed by atoms with Gasteiger partial charge in [0.05, 0.1) is 5.69 Å². The lowest BCUT2D eigenvalue weighted by atomic mass is 9.97. The molecule has 3 rings (SSSR count). The third-order valence-corrected chi connectivity index (χ3v) is 5.64. The number of aliphatic hydroxyl groups excluding tert-OH is 1. The number of nitrogens with zero attached hydrogens (tertiary/aromatic N) is 5. The second-order valence-electron chi connectivity index (χ2n) is 6.25. The Hall–Kier alpha value is -2.00. The first kappa shape index (κ1) is 17.8. The van der Waals surface area contributed by atoms with E-state index in [4.69, 9.17) is 0 Å². The number of rotatable bonds is 5. The van der Waals surface area contributed by atoms with E-state index in [1.807, 2.05) is 30.4 Å². The van der Waals surface area contributed by atoms with Crippen LogP contribution in [0.2, 0.25) is 0 Å². The van der Waals surface area contributed by atoms with Crippen molar-refractivity contribution in [3.8, 4) is 0 Å². The van der Waals surface area contributed by atoms with Crippen molar-refractivity contribution in [3.63, 3.8) is 0 Å². The fraction of sp³-hybridized carbons (Fsp3) is 0.625. The van der Waals surface area contributed by atoms with Gasteiger partial charge in [-0.2, -0.15) is 0 Å². The lowest BCUT2D eigenvalue weighted by molar-refractivity contribution is 0.0707. The summed E-state index contributed by atoms with van der Waals surface area (Å²) < 4.78 is 1.83. The predicted molar refractivity (Wildman–Crippen MR) is 95.8 cm³/mol. The molecule has 0 aromatic carbocycles. The van der Waals surface area contributed by atoms with E-state index in [1.54, 1.807) is 0 Å². The molecule has 2 aromatic rings. The van der Waals surface area contributed by atoms with Gasteiger partial charge in [0.25, 0.3) is 5.91 Å². The van der Waals surface area contributed by atoms with Gasteiger partial charge < -0.3 is 19.9 Å². The van der Waals surface area contributed by atoms with Gasteiger partial charge in [-0.25, -0.2) is 4.98 Å². The smallest absolute Gasteiger partial charge is 0.265 e. The van der Waals surface area contributed by atoms with Gasteiger partial charge in [-0.15, -0.1) is 10.2 Å². The highest BCUT2D eigenvalue weighted by atomic mass is 32.1. The molecule has 2 aromatic heterocycles. The van der Waals surface area contributed by atoms with E-state index in [-0.39, 0.29) is 18.4 Å². The van der Waals surface area contributed by atoms with Gasteiger partial charge in [-0.3, -0.25) is 4.79 Å². The fourth-order valence-electron chi connectivity index (χ4n) is 3.21. The number of anilines is 1. The Labute approximate surface area is 150 Å². The zero-order valence-corrected chi connectivity index (χ0v) is 15.6. The highest BCUT2D eigenvalue weighted by Gasteiger charge is 2.30. The molecule has 1 unspecified atom stereocenters. The predicted octanol–water partition coefficient (Wildman–Crippen LogP) is 1.52. The lowest BCUT2D eigenvalue weighted by Gasteiger charge is -2.32. The molecule has 3 heterocycles. The highest BCUT2D eigenvalue weighted by Crippen LogP contribution is 2.29. The lowest BCUT2D eigenvalue weighted by Crippen LogP contribution is -2.39. The van der Waals surface area contributed by atoms with E-state index in [2.05, 4.69) is 20.5 Å². The van der Waals surface area contributed by atoms with Crippen molar-refractivity contribution >= 4 is 22.4 Å². The zero-order valence-electron chi connectivity index (χ0n) is 14.8. The molecule has 0 saturated carbocycles. The number of aliphatic hydroxyl groups is 1. The molecule has 136 valence electrons. The maximum atomic E-state index is 12.9. The van der Waals surface area contributed by atoms with Crippen LogP contribution >= 0.6 is 11.3 Å². The largest absolute Gasteiger partial charge is 0.388 e. The Balaban J connectivity index is 1.76. The zero-order chi connectivity index (χ0) is 18.0. The SMILES string of the molecule is CCNc1nc(C)c(C(=O)N2CCCC(c3nnc(CO)n3C)C2)s1. The second-order valence-corrected chi connectivity index (χ2v) is 7.24. The van der Waals surface area contributed by atoms with Crippen LogP contribution in [-0.2, 0) is 13.7 Å². The number of amides is 1. The summed E-state index contributed by atoms with van der Waals surface area (Å²) in [6, 6.07) is 0. The van der Waals surface area contributed by atoms with E-state index in [1.165, 1.54) is 11.3 Å². The van der Waals surface area contributed by atoms with Gasteiger partial charge in [-0.05, 0) is 26.7 Å². The fourth-order valence-corrected chi connectivity index (χ4v) is 4.21. The summed E-state index contributed by atoms with van der Waals surface area (Å²) in [6.45, 7) is 5.90. The van der Waals surface area contributed by atoms with Crippen LogP contribution in [0.1, 0.15) is 52.7 Å². The van der Waals surface area contributed by atoms with Gasteiger partial charge in [0.1, 0.15) is 17.3 Å². The van der Waals surface area contributed by atoms with Crippen LogP contribution < -0.4 is 5.32 Å². The van der Waals surface area contributed by atoms with E-state index in [9.17, 15) is 9.90 Å². The number of carbonyl (C=O) groups excluding carboxylic acids is 1. The first-order valence-corrected chi connectivity index (χ1v) is 9.36. The van der Waals surface area contributed by atoms with Crippen molar-refractivity contribution in [1.82, 2.24) is 24.6 Å². The van der Waals surface area contributed by atoms with Gasteiger partial charge >= 0.3 is 0 Å². The van der Waals surface area contributed by atoms with Crippen molar-refractivity contribution in [2.75, 3.05) is 25.0 Å². The van der Waals surface area contributed by atoms with Gasteiger partial charge in [0, 0.05) is 32.6 Å². The van der Waals surface area contributed by atoms with Crippen molar-refractivity contribution in [3.05, 3.63) is 22.2 Å². The minimum absolute atomic E-state index is 0.0356. The molecule has 1 aliphatic heterocycles. The molecule has 8 nitrogen and oxygen atoms in total. The number of nitrogens with one attached hydrogen (secondary N) is 1. The number of likely N-dealkylation sites (tertiary alicyclic amines) is 1. The number of carbonyl (C=O) groups is 1. The van der Waals surface area contributed by atoms with Crippen LogP contribution in [0.4, 0.5) is 5.13 Å². The molecular formula is C16H24N6O2S. The number of aromatic nitrogens is 4. The molecule has 1 amide bonds. The first-order chi connectivity index (χ1) is 12.0. The van der Waals surface area contributed by atoms with Crippen LogP contribution in [0.25, 0.3) is 0 Å². The van der Waals surface area contributed by atoms with E-state index in [0.717, 1.165) is 42.6 Å². The standard InChI is InChI=1S/C16H24N6O2S/c1-4-17-16-18-10(2)13(25-16)15(24)22-7-5-6-11(8-22)14-20-19-12(9-23)21(14)3/h11,23H,4-9H2,1-3H3,(H,17,18). The molecule has 0 aliphatic carbocycles. The van der Waals surface area contributed by atoms with Crippen LogP contribution in [-0.4, -0.2) is 55.3 Å². The topological polar surface area (TPSA) is 96.2 Å². The molecule has 9 heteroatoms. The molecule has 25 heavy (non-hydrogen) atoms. The quantitative estimate of drug-likeness (QED) is 0.835. The van der Waals surface area contributed by atoms with Crippen molar-refractivity contribution in [2.24, 2.45) is 7.05 Å². The maximum absolute atomic E-state index is 12.9. The Morgan fingerprint density at radius 1 is 1.44 bits per heavy atom. The molecule has 0 radical (unpaired) electrons. The summed E-state index contributed by atoms with van der Waals surface area (Å²) in [7, 11) is 1.86. The van der Waals surface area contributed by atoms with Crippen LogP contribution in [0.5, 0.6) is 0 Å². The molecule has 1 saturated heterocycles. The molecule has 1 aliphatic rings. The highest BCUT2D eigenvalue weighted by molar-refractivity contribution is 7.17. The van der Waals surface area contributed by atoms with Crippen LogP contribution in [0.15, 0.2) is 0 Å². The van der Waals surface area contributed by atoms with Crippen molar-refractivity contribution < 1.29 is 9.90 Å². The summed E-state index contributed by atoms with van der Waals surface area (Å²) in [4.78, 5) is 20.0. The third kappa shape index (κ3) is 3.52. The molecule has 2 N–H and O–H groups in total. The summed E-state index contributed by atoms with van der Waals surface area (Å²) in [6.07, 6.45) is 1.89. The van der Waals surface area contributed by atoms with Gasteiger partial charge in [-0.1, -0.05) is 11.3 Å². The monoisotopic (exact) mass is 364 g/mol. The first-order valence-electron chi connectivity index (χ1n) is 8.54. The van der Waals surface area contributed by atoms with Gasteiger partial charge in [0.2, 0.25) is 0 Å². The molecule has 0 bridgehead atoms. The normalized spacial score (nSPS) is 17.8. The molecule has 1 fully saturated rings. The van der Waals surface area contributed by atoms with Crippen LogP contribution in [0, 0.1) is 6.92 Å². The van der Waals surface area contributed by atoms with Gasteiger partial charge in [0.15, 0.2) is 11.0 Å². The molecule has 1 atom stereocenters. The number of thiazole rings is 1. The minimum atomic E-state index is -0.133. The number of hydrogen-bond acceptors (Lipinski definition) is 7. The number of aryl methyl sites for hydroxylation is 1. The maximum Gasteiger partial charge on any atom is 0.265 e. The molecular weight excluding hydrogens is 340 g/mol. The number of piperidine rings is 1. The van der Waals surface area contributed by atoms with E-state index in [0.29, 0.717) is 17.2 Å². The number of hydrogen-bond donors (Lipinski definition) is 2. The average molecular weight is 364 g/mol. The van der Waals surface area contributed by atoms with Crippen molar-refractivity contribution in [2.45, 2.75) is 39.2 Å². The van der Waals surface area contributed by atoms with E-state index >= 15 is 0 Å². The Bertz CT molecular complexity index is 756. The summed E-state index contributed by atoms with van der Waals surface area (Å²) in [5.41, 5.74) is 0.772. The Morgan fingerprint density at radius 3 is 2.92 bits per heavy atom. The summed E-state index contributed by atoms with van der Waals surface area (Å²) >= 11 is 1.41. The third-order valence-electron chi connectivity index (χ3n) is 4.53. The Kier molecular flexibility index (Phi) is 5.33. The van der Waals surface area contributed by atoms with Crippen molar-refractivity contribution in [1.29, 1.82) is 0 Å². The summed E-state index contributed by atoms with van der Waals surface area (Å²) in [5.74, 6) is 1.55. The second kappa shape index (κ2) is 7.49.